The van der Waals surface area contributed by atoms with Crippen molar-refractivity contribution in [2.45, 2.75) is 32.3 Å². The van der Waals surface area contributed by atoms with E-state index in [0.717, 1.165) is 19.3 Å². The van der Waals surface area contributed by atoms with Crippen molar-refractivity contribution in [3.63, 3.8) is 0 Å². The second-order valence-corrected chi connectivity index (χ2v) is 6.70. The highest BCUT2D eigenvalue weighted by molar-refractivity contribution is 6.01. The van der Waals surface area contributed by atoms with Gasteiger partial charge in [0.1, 0.15) is 0 Å². The molecule has 0 unspecified atom stereocenters. The van der Waals surface area contributed by atoms with Crippen LogP contribution < -0.4 is 9.47 Å². The third kappa shape index (κ3) is 4.25. The van der Waals surface area contributed by atoms with E-state index in [4.69, 9.17) is 14.2 Å². The molecule has 0 saturated carbocycles. The van der Waals surface area contributed by atoms with Crippen molar-refractivity contribution in [3.05, 3.63) is 64.7 Å². The Morgan fingerprint density at radius 3 is 2.57 bits per heavy atom. The van der Waals surface area contributed by atoms with Crippen LogP contribution in [0.25, 0.3) is 6.08 Å². The minimum Gasteiger partial charge on any atom is -0.493 e. The number of methoxy groups -OCH3 is 2. The first kappa shape index (κ1) is 19.7. The largest absolute Gasteiger partial charge is 0.493 e. The molecule has 0 radical (unpaired) electrons. The molecule has 1 aliphatic rings. The zero-order chi connectivity index (χ0) is 20.1. The highest BCUT2D eigenvalue weighted by Gasteiger charge is 2.21. The van der Waals surface area contributed by atoms with Gasteiger partial charge >= 0.3 is 5.97 Å². The molecule has 0 heterocycles. The van der Waals surface area contributed by atoms with E-state index in [-0.39, 0.29) is 5.78 Å². The second-order valence-electron chi connectivity index (χ2n) is 6.70. The molecule has 0 aliphatic heterocycles. The molecular weight excluding hydrogens is 356 g/mol. The summed E-state index contributed by atoms with van der Waals surface area (Å²) in [4.78, 5) is 24.8. The molecule has 0 spiro atoms. The van der Waals surface area contributed by atoms with Gasteiger partial charge in [0.2, 0.25) is 5.78 Å². The van der Waals surface area contributed by atoms with Crippen LogP contribution in [0.3, 0.4) is 0 Å². The van der Waals surface area contributed by atoms with E-state index in [1.165, 1.54) is 24.3 Å². The van der Waals surface area contributed by atoms with Crippen LogP contribution in [0.15, 0.2) is 42.5 Å². The summed E-state index contributed by atoms with van der Waals surface area (Å²) >= 11 is 0. The first-order chi connectivity index (χ1) is 13.5. The van der Waals surface area contributed by atoms with E-state index in [1.807, 2.05) is 18.2 Å². The summed E-state index contributed by atoms with van der Waals surface area (Å²) in [7, 11) is 3.08. The summed E-state index contributed by atoms with van der Waals surface area (Å²) in [6.07, 6.45) is 5.18. The summed E-state index contributed by atoms with van der Waals surface area (Å²) in [6, 6.07) is 11.1. The zero-order valence-electron chi connectivity index (χ0n) is 16.4. The van der Waals surface area contributed by atoms with Crippen LogP contribution in [-0.4, -0.2) is 32.1 Å². The van der Waals surface area contributed by atoms with Crippen molar-refractivity contribution in [3.8, 4) is 11.5 Å². The van der Waals surface area contributed by atoms with Gasteiger partial charge in [0, 0.05) is 17.2 Å². The summed E-state index contributed by atoms with van der Waals surface area (Å²) in [5.41, 5.74) is 3.78. The minimum absolute atomic E-state index is 0.199. The third-order valence-corrected chi connectivity index (χ3v) is 4.88. The lowest BCUT2D eigenvalue weighted by molar-refractivity contribution is -0.140. The van der Waals surface area contributed by atoms with Gasteiger partial charge in [0.05, 0.1) is 14.2 Å². The number of carbonyl (C=O) groups is 2. The molecular formula is C23H24O5. The summed E-state index contributed by atoms with van der Waals surface area (Å²) in [5, 5.41) is 0. The van der Waals surface area contributed by atoms with Crippen LogP contribution in [0.4, 0.5) is 0 Å². The number of Topliss-reactive ketones (excluding diaryl/α,β-unsaturated/α-hetero) is 1. The fourth-order valence-electron chi connectivity index (χ4n) is 3.43. The van der Waals surface area contributed by atoms with E-state index in [2.05, 4.69) is 0 Å². The van der Waals surface area contributed by atoms with Crippen molar-refractivity contribution >= 4 is 17.8 Å². The van der Waals surface area contributed by atoms with Gasteiger partial charge in [0.15, 0.2) is 17.6 Å². The Labute approximate surface area is 164 Å². The topological polar surface area (TPSA) is 61.8 Å². The van der Waals surface area contributed by atoms with Crippen molar-refractivity contribution in [2.24, 2.45) is 0 Å². The molecule has 0 N–H and O–H groups in total. The molecule has 2 aromatic rings. The van der Waals surface area contributed by atoms with Gasteiger partial charge in [-0.3, -0.25) is 4.79 Å². The number of ether oxygens (including phenoxy) is 3. The first-order valence-corrected chi connectivity index (χ1v) is 9.29. The van der Waals surface area contributed by atoms with Crippen LogP contribution in [0.1, 0.15) is 40.4 Å². The first-order valence-electron chi connectivity index (χ1n) is 9.29. The lowest BCUT2D eigenvalue weighted by atomic mass is 10.0. The average molecular weight is 380 g/mol. The molecule has 3 rings (SSSR count). The van der Waals surface area contributed by atoms with Crippen molar-refractivity contribution in [1.82, 2.24) is 0 Å². The maximum Gasteiger partial charge on any atom is 0.331 e. The van der Waals surface area contributed by atoms with Gasteiger partial charge in [-0.1, -0.05) is 24.3 Å². The number of carbonyl (C=O) groups excluding carboxylic acids is 2. The fourth-order valence-corrected chi connectivity index (χ4v) is 3.43. The minimum atomic E-state index is -0.858. The van der Waals surface area contributed by atoms with Gasteiger partial charge < -0.3 is 14.2 Å². The molecule has 0 aromatic heterocycles. The molecule has 1 atom stereocenters. The molecule has 2 aromatic carbocycles. The molecule has 146 valence electrons. The lowest BCUT2D eigenvalue weighted by Gasteiger charge is -2.12. The number of para-hydroxylation sites is 1. The van der Waals surface area contributed by atoms with E-state index in [1.54, 1.807) is 38.3 Å². The van der Waals surface area contributed by atoms with Crippen LogP contribution in [0.2, 0.25) is 0 Å². The maximum atomic E-state index is 12.6. The second kappa shape index (κ2) is 8.74. The highest BCUT2D eigenvalue weighted by atomic mass is 16.5. The van der Waals surface area contributed by atoms with Gasteiger partial charge in [-0.05, 0) is 55.5 Å². The number of benzene rings is 2. The summed E-state index contributed by atoms with van der Waals surface area (Å²) < 4.78 is 15.9. The smallest absolute Gasteiger partial charge is 0.331 e. The van der Waals surface area contributed by atoms with Crippen molar-refractivity contribution in [1.29, 1.82) is 0 Å². The lowest BCUT2D eigenvalue weighted by Crippen LogP contribution is -2.23. The third-order valence-electron chi connectivity index (χ3n) is 4.88. The standard InChI is InChI=1S/C23H24O5/c1-15(22(25)19-11-10-16-6-4-8-18(16)14-19)28-21(24)13-12-17-7-5-9-20(26-2)23(17)27-3/h5,7,9-15H,4,6,8H2,1-3H3/b13-12+/t15-/m0/s1. The number of hydrogen-bond acceptors (Lipinski definition) is 5. The number of ketones is 1. The molecule has 5 heteroatoms. The number of hydrogen-bond donors (Lipinski definition) is 0. The number of fused-ring (bicyclic) bond motifs is 1. The Hall–Kier alpha value is -3.08. The number of esters is 1. The van der Waals surface area contributed by atoms with E-state index in [9.17, 15) is 9.59 Å². The molecule has 0 saturated heterocycles. The van der Waals surface area contributed by atoms with Crippen LogP contribution >= 0.6 is 0 Å². The Kier molecular flexibility index (Phi) is 6.14. The predicted molar refractivity (Wildman–Crippen MR) is 107 cm³/mol. The zero-order valence-corrected chi connectivity index (χ0v) is 16.4. The van der Waals surface area contributed by atoms with Gasteiger partial charge in [-0.2, -0.15) is 0 Å². The van der Waals surface area contributed by atoms with Crippen LogP contribution in [0.5, 0.6) is 11.5 Å². The van der Waals surface area contributed by atoms with Crippen LogP contribution in [0, 0.1) is 0 Å². The molecule has 28 heavy (non-hydrogen) atoms. The van der Waals surface area contributed by atoms with Gasteiger partial charge in [0.25, 0.3) is 0 Å². The molecule has 1 aliphatic carbocycles. The average Bonchev–Trinajstić information content (AvgIpc) is 3.18. The highest BCUT2D eigenvalue weighted by Crippen LogP contribution is 2.31. The maximum absolute atomic E-state index is 12.6. The van der Waals surface area contributed by atoms with Crippen molar-refractivity contribution < 1.29 is 23.8 Å². The molecule has 0 fully saturated rings. The Bertz CT molecular complexity index is 913. The van der Waals surface area contributed by atoms with Gasteiger partial charge in [-0.15, -0.1) is 0 Å². The number of rotatable bonds is 7. The fraction of sp³-hybridized carbons (Fsp3) is 0.304. The van der Waals surface area contributed by atoms with E-state index < -0.39 is 12.1 Å². The Morgan fingerprint density at radius 2 is 1.82 bits per heavy atom. The number of aryl methyl sites for hydroxylation is 2. The molecule has 0 amide bonds. The van der Waals surface area contributed by atoms with E-state index in [0.29, 0.717) is 22.6 Å². The normalized spacial score (nSPS) is 13.8. The monoisotopic (exact) mass is 380 g/mol. The molecule has 5 nitrogen and oxygen atoms in total. The summed E-state index contributed by atoms with van der Waals surface area (Å²) in [5.74, 6) is 0.303. The van der Waals surface area contributed by atoms with Gasteiger partial charge in [-0.25, -0.2) is 4.79 Å². The van der Waals surface area contributed by atoms with E-state index >= 15 is 0 Å². The van der Waals surface area contributed by atoms with Crippen molar-refractivity contribution in [2.75, 3.05) is 14.2 Å². The SMILES string of the molecule is COc1cccc(/C=C/C(=O)O[C@@H](C)C(=O)c2ccc3c(c2)CCC3)c1OC. The predicted octanol–water partition coefficient (Wildman–Crippen LogP) is 4.02. The Morgan fingerprint density at radius 1 is 1.04 bits per heavy atom. The summed E-state index contributed by atoms with van der Waals surface area (Å²) in [6.45, 7) is 1.59. The molecule has 0 bridgehead atoms. The Balaban J connectivity index is 1.66. The van der Waals surface area contributed by atoms with Crippen LogP contribution in [-0.2, 0) is 22.4 Å². The quantitative estimate of drug-likeness (QED) is 0.412.